The summed E-state index contributed by atoms with van der Waals surface area (Å²) in [5, 5.41) is 0.361. The third-order valence-electron chi connectivity index (χ3n) is 2.05. The second-order valence-corrected chi connectivity index (χ2v) is 4.11. The third-order valence-corrected chi connectivity index (χ3v) is 2.49. The summed E-state index contributed by atoms with van der Waals surface area (Å²) >= 11 is 6.07. The van der Waals surface area contributed by atoms with Crippen LogP contribution in [0.1, 0.15) is 52.4 Å². The zero-order valence-corrected chi connectivity index (χ0v) is 9.78. The number of halogens is 1. The topological polar surface area (TPSA) is 9.23 Å². The molecule has 0 aromatic rings. The molecule has 0 spiro atoms. The minimum Gasteiger partial charge on any atom is -0.381 e. The van der Waals surface area contributed by atoms with Crippen molar-refractivity contribution in [1.82, 2.24) is 0 Å². The number of hydrogen-bond donors (Lipinski definition) is 0. The summed E-state index contributed by atoms with van der Waals surface area (Å²) in [6, 6.07) is 0. The zero-order chi connectivity index (χ0) is 9.94. The Balaban J connectivity index is 2.97. The SMILES string of the molecule is CCCCOCCCC(Cl)CCC. The lowest BCUT2D eigenvalue weighted by atomic mass is 10.1. The molecule has 0 aliphatic carbocycles. The molecule has 2 heteroatoms. The summed E-state index contributed by atoms with van der Waals surface area (Å²) in [4.78, 5) is 0. The van der Waals surface area contributed by atoms with Crippen molar-refractivity contribution in [3.63, 3.8) is 0 Å². The zero-order valence-electron chi connectivity index (χ0n) is 9.02. The Morgan fingerprint density at radius 3 is 2.31 bits per heavy atom. The Hall–Kier alpha value is 0.250. The summed E-state index contributed by atoms with van der Waals surface area (Å²) < 4.78 is 5.44. The highest BCUT2D eigenvalue weighted by Crippen LogP contribution is 2.11. The molecule has 1 unspecified atom stereocenters. The minimum absolute atomic E-state index is 0.361. The number of alkyl halides is 1. The standard InChI is InChI=1S/C11H23ClO/c1-3-5-9-13-10-6-8-11(12)7-4-2/h11H,3-10H2,1-2H3. The molecule has 80 valence electrons. The maximum atomic E-state index is 6.07. The van der Waals surface area contributed by atoms with E-state index in [2.05, 4.69) is 13.8 Å². The van der Waals surface area contributed by atoms with Crippen LogP contribution in [0.25, 0.3) is 0 Å². The van der Waals surface area contributed by atoms with E-state index in [0.29, 0.717) is 5.38 Å². The van der Waals surface area contributed by atoms with Crippen LogP contribution >= 0.6 is 11.6 Å². The summed E-state index contributed by atoms with van der Waals surface area (Å²) in [7, 11) is 0. The van der Waals surface area contributed by atoms with Gasteiger partial charge in [0.1, 0.15) is 0 Å². The molecule has 1 atom stereocenters. The highest BCUT2D eigenvalue weighted by atomic mass is 35.5. The number of ether oxygens (including phenoxy) is 1. The van der Waals surface area contributed by atoms with Crippen molar-refractivity contribution >= 4 is 11.6 Å². The molecule has 0 rings (SSSR count). The van der Waals surface area contributed by atoms with E-state index in [-0.39, 0.29) is 0 Å². The van der Waals surface area contributed by atoms with Gasteiger partial charge in [-0.1, -0.05) is 26.7 Å². The fourth-order valence-electron chi connectivity index (χ4n) is 1.21. The first kappa shape index (κ1) is 13.2. The molecule has 0 amide bonds. The molecule has 0 fully saturated rings. The van der Waals surface area contributed by atoms with Crippen LogP contribution in [-0.4, -0.2) is 18.6 Å². The second-order valence-electron chi connectivity index (χ2n) is 3.49. The highest BCUT2D eigenvalue weighted by molar-refractivity contribution is 6.20. The average Bonchev–Trinajstić information content (AvgIpc) is 2.11. The van der Waals surface area contributed by atoms with Crippen LogP contribution in [0.4, 0.5) is 0 Å². The van der Waals surface area contributed by atoms with Gasteiger partial charge < -0.3 is 4.74 Å². The predicted molar refractivity (Wildman–Crippen MR) is 59.5 cm³/mol. The summed E-state index contributed by atoms with van der Waals surface area (Å²) in [6.45, 7) is 6.15. The lowest BCUT2D eigenvalue weighted by Crippen LogP contribution is -2.02. The molecule has 1 nitrogen and oxygen atoms in total. The van der Waals surface area contributed by atoms with Crippen molar-refractivity contribution in [2.75, 3.05) is 13.2 Å². The van der Waals surface area contributed by atoms with Crippen LogP contribution < -0.4 is 0 Å². The first-order valence-corrected chi connectivity index (χ1v) is 5.96. The molecule has 0 N–H and O–H groups in total. The molecular weight excluding hydrogens is 184 g/mol. The van der Waals surface area contributed by atoms with Crippen LogP contribution in [0.15, 0.2) is 0 Å². The van der Waals surface area contributed by atoms with Crippen molar-refractivity contribution in [3.8, 4) is 0 Å². The van der Waals surface area contributed by atoms with E-state index in [1.54, 1.807) is 0 Å². The fraction of sp³-hybridized carbons (Fsp3) is 1.00. The van der Waals surface area contributed by atoms with Gasteiger partial charge >= 0.3 is 0 Å². The number of rotatable bonds is 9. The molecule has 13 heavy (non-hydrogen) atoms. The van der Waals surface area contributed by atoms with Crippen LogP contribution in [0.5, 0.6) is 0 Å². The molecule has 0 heterocycles. The maximum absolute atomic E-state index is 6.07. The second kappa shape index (κ2) is 10.3. The molecule has 0 bridgehead atoms. The lowest BCUT2D eigenvalue weighted by molar-refractivity contribution is 0.127. The first-order chi connectivity index (χ1) is 6.31. The van der Waals surface area contributed by atoms with Crippen molar-refractivity contribution in [2.45, 2.75) is 57.7 Å². The van der Waals surface area contributed by atoms with E-state index < -0.39 is 0 Å². The van der Waals surface area contributed by atoms with E-state index in [4.69, 9.17) is 16.3 Å². The van der Waals surface area contributed by atoms with Gasteiger partial charge in [-0.2, -0.15) is 0 Å². The van der Waals surface area contributed by atoms with Crippen molar-refractivity contribution in [1.29, 1.82) is 0 Å². The minimum atomic E-state index is 0.361. The van der Waals surface area contributed by atoms with Crippen molar-refractivity contribution in [3.05, 3.63) is 0 Å². The molecule has 0 aromatic carbocycles. The van der Waals surface area contributed by atoms with Crippen LogP contribution in [-0.2, 0) is 4.74 Å². The van der Waals surface area contributed by atoms with Gasteiger partial charge in [0, 0.05) is 18.6 Å². The van der Waals surface area contributed by atoms with E-state index in [9.17, 15) is 0 Å². The molecule has 0 aromatic heterocycles. The highest BCUT2D eigenvalue weighted by Gasteiger charge is 2.01. The quantitative estimate of drug-likeness (QED) is 0.410. The average molecular weight is 207 g/mol. The van der Waals surface area contributed by atoms with Crippen LogP contribution in [0, 0.1) is 0 Å². The molecular formula is C11H23ClO. The number of unbranched alkanes of at least 4 members (excludes halogenated alkanes) is 1. The number of hydrogen-bond acceptors (Lipinski definition) is 1. The van der Waals surface area contributed by atoms with Crippen molar-refractivity contribution < 1.29 is 4.74 Å². The Labute approximate surface area is 87.8 Å². The van der Waals surface area contributed by atoms with Crippen molar-refractivity contribution in [2.24, 2.45) is 0 Å². The van der Waals surface area contributed by atoms with Gasteiger partial charge in [0.05, 0.1) is 0 Å². The van der Waals surface area contributed by atoms with E-state index in [1.165, 1.54) is 19.3 Å². The van der Waals surface area contributed by atoms with Gasteiger partial charge in [-0.05, 0) is 25.7 Å². The maximum Gasteiger partial charge on any atom is 0.0466 e. The molecule has 0 saturated carbocycles. The monoisotopic (exact) mass is 206 g/mol. The molecule has 0 radical (unpaired) electrons. The molecule has 0 aliphatic rings. The molecule has 0 aliphatic heterocycles. The Morgan fingerprint density at radius 1 is 1.00 bits per heavy atom. The third kappa shape index (κ3) is 10.2. The van der Waals surface area contributed by atoms with E-state index in [1.807, 2.05) is 0 Å². The van der Waals surface area contributed by atoms with Crippen LogP contribution in [0.3, 0.4) is 0 Å². The van der Waals surface area contributed by atoms with Gasteiger partial charge in [0.15, 0.2) is 0 Å². The van der Waals surface area contributed by atoms with Gasteiger partial charge in [0.2, 0.25) is 0 Å². The fourth-order valence-corrected chi connectivity index (χ4v) is 1.59. The summed E-state index contributed by atoms with van der Waals surface area (Å²) in [6.07, 6.45) is 6.92. The Bertz CT molecular complexity index is 96.1. The summed E-state index contributed by atoms with van der Waals surface area (Å²) in [5.41, 5.74) is 0. The smallest absolute Gasteiger partial charge is 0.0466 e. The normalized spacial score (nSPS) is 13.2. The lowest BCUT2D eigenvalue weighted by Gasteiger charge is -2.07. The van der Waals surface area contributed by atoms with Gasteiger partial charge in [-0.3, -0.25) is 0 Å². The van der Waals surface area contributed by atoms with Gasteiger partial charge in [-0.15, -0.1) is 11.6 Å². The van der Waals surface area contributed by atoms with Crippen LogP contribution in [0.2, 0.25) is 0 Å². The summed E-state index contributed by atoms with van der Waals surface area (Å²) in [5.74, 6) is 0. The first-order valence-electron chi connectivity index (χ1n) is 5.53. The van der Waals surface area contributed by atoms with E-state index in [0.717, 1.165) is 32.5 Å². The largest absolute Gasteiger partial charge is 0.381 e. The molecule has 0 saturated heterocycles. The Kier molecular flexibility index (Phi) is 10.5. The van der Waals surface area contributed by atoms with Gasteiger partial charge in [0.25, 0.3) is 0 Å². The van der Waals surface area contributed by atoms with E-state index >= 15 is 0 Å². The van der Waals surface area contributed by atoms with Gasteiger partial charge in [-0.25, -0.2) is 0 Å². The Morgan fingerprint density at radius 2 is 1.69 bits per heavy atom. The predicted octanol–water partition coefficient (Wildman–Crippen LogP) is 3.99.